The molecule has 26 heavy (non-hydrogen) atoms. The summed E-state index contributed by atoms with van der Waals surface area (Å²) in [5, 5.41) is 15.8. The van der Waals surface area contributed by atoms with Crippen LogP contribution in [0.2, 0.25) is 0 Å². The highest BCUT2D eigenvalue weighted by molar-refractivity contribution is 5.92. The Labute approximate surface area is 150 Å². The molecule has 1 amide bonds. The molecule has 0 radical (unpaired) electrons. The normalized spacial score (nSPS) is 10.8. The minimum Gasteiger partial charge on any atom is -0.478 e. The maximum atomic E-state index is 12.2. The van der Waals surface area contributed by atoms with Gasteiger partial charge in [0.1, 0.15) is 0 Å². The van der Waals surface area contributed by atoms with Crippen molar-refractivity contribution < 1.29 is 14.7 Å². The maximum absolute atomic E-state index is 12.2. The van der Waals surface area contributed by atoms with Crippen molar-refractivity contribution >= 4 is 23.6 Å². The molecule has 0 fully saturated rings. The smallest absolute Gasteiger partial charge is 0.328 e. The summed E-state index contributed by atoms with van der Waals surface area (Å²) in [6, 6.07) is 18.4. The Hall–Kier alpha value is -3.67. The van der Waals surface area contributed by atoms with Gasteiger partial charge in [0.25, 0.3) is 0 Å². The molecule has 6 nitrogen and oxygen atoms in total. The van der Waals surface area contributed by atoms with Crippen LogP contribution in [-0.4, -0.2) is 26.8 Å². The van der Waals surface area contributed by atoms with Crippen LogP contribution >= 0.6 is 0 Å². The minimum absolute atomic E-state index is 0.167. The lowest BCUT2D eigenvalue weighted by molar-refractivity contribution is -0.131. The van der Waals surface area contributed by atoms with Crippen molar-refractivity contribution in [3.8, 4) is 5.69 Å². The predicted octanol–water partition coefficient (Wildman–Crippen LogP) is 3.15. The molecule has 0 bridgehead atoms. The molecule has 3 aromatic rings. The number of amides is 1. The van der Waals surface area contributed by atoms with Crippen molar-refractivity contribution in [3.05, 3.63) is 84.2 Å². The first-order valence-corrected chi connectivity index (χ1v) is 8.01. The molecule has 0 aliphatic rings. The van der Waals surface area contributed by atoms with E-state index in [0.717, 1.165) is 17.3 Å². The lowest BCUT2D eigenvalue weighted by atomic mass is 10.2. The highest BCUT2D eigenvalue weighted by Crippen LogP contribution is 2.12. The number of nitrogens with one attached hydrogen (secondary N) is 1. The van der Waals surface area contributed by atoms with Gasteiger partial charge in [-0.3, -0.25) is 4.79 Å². The predicted molar refractivity (Wildman–Crippen MR) is 99.0 cm³/mol. The second kappa shape index (κ2) is 7.94. The fourth-order valence-corrected chi connectivity index (χ4v) is 2.40. The molecule has 0 unspecified atom stereocenters. The van der Waals surface area contributed by atoms with Gasteiger partial charge in [0.05, 0.1) is 17.8 Å². The van der Waals surface area contributed by atoms with Gasteiger partial charge in [0.15, 0.2) is 0 Å². The summed E-state index contributed by atoms with van der Waals surface area (Å²) in [6.07, 6.45) is 4.54. The molecule has 0 atom stereocenters. The van der Waals surface area contributed by atoms with Crippen LogP contribution in [0.1, 0.15) is 11.3 Å². The molecule has 3 rings (SSSR count). The van der Waals surface area contributed by atoms with Crippen molar-refractivity contribution in [2.75, 3.05) is 5.32 Å². The zero-order valence-electron chi connectivity index (χ0n) is 13.9. The second-order valence-corrected chi connectivity index (χ2v) is 5.61. The van der Waals surface area contributed by atoms with Gasteiger partial charge in [-0.1, -0.05) is 30.3 Å². The number of carbonyl (C=O) groups excluding carboxylic acids is 1. The van der Waals surface area contributed by atoms with Crippen molar-refractivity contribution in [2.24, 2.45) is 0 Å². The van der Waals surface area contributed by atoms with Gasteiger partial charge in [-0.05, 0) is 42.0 Å². The number of aromatic nitrogens is 2. The average molecular weight is 347 g/mol. The number of hydrogen-bond donors (Lipinski definition) is 2. The molecular weight excluding hydrogens is 330 g/mol. The van der Waals surface area contributed by atoms with E-state index in [1.165, 1.54) is 6.08 Å². The Morgan fingerprint density at radius 1 is 1.04 bits per heavy atom. The average Bonchev–Trinajstić information content (AvgIpc) is 3.10. The molecule has 2 N–H and O–H groups in total. The minimum atomic E-state index is -1.00. The van der Waals surface area contributed by atoms with Crippen LogP contribution in [0.25, 0.3) is 11.8 Å². The van der Waals surface area contributed by atoms with Crippen LogP contribution in [-0.2, 0) is 16.0 Å². The number of carbonyl (C=O) groups is 2. The van der Waals surface area contributed by atoms with Crippen molar-refractivity contribution in [1.29, 1.82) is 0 Å². The van der Waals surface area contributed by atoms with Crippen LogP contribution in [0.4, 0.5) is 5.69 Å². The summed E-state index contributed by atoms with van der Waals surface area (Å²) in [5.74, 6) is -1.17. The third-order valence-corrected chi connectivity index (χ3v) is 3.62. The number of hydrogen-bond acceptors (Lipinski definition) is 3. The van der Waals surface area contributed by atoms with E-state index in [4.69, 9.17) is 5.11 Å². The van der Waals surface area contributed by atoms with E-state index in [0.29, 0.717) is 11.4 Å². The summed E-state index contributed by atoms with van der Waals surface area (Å²) in [4.78, 5) is 22.7. The molecule has 1 aromatic heterocycles. The molecule has 0 aliphatic carbocycles. The van der Waals surface area contributed by atoms with E-state index >= 15 is 0 Å². The zero-order valence-corrected chi connectivity index (χ0v) is 13.9. The Kier molecular flexibility index (Phi) is 5.24. The Morgan fingerprint density at radius 2 is 1.77 bits per heavy atom. The first kappa shape index (κ1) is 17.2. The van der Waals surface area contributed by atoms with Gasteiger partial charge in [-0.25, -0.2) is 9.48 Å². The highest BCUT2D eigenvalue weighted by atomic mass is 16.4. The van der Waals surface area contributed by atoms with Crippen LogP contribution < -0.4 is 5.32 Å². The molecule has 0 saturated heterocycles. The van der Waals surface area contributed by atoms with Gasteiger partial charge in [0, 0.05) is 18.0 Å². The maximum Gasteiger partial charge on any atom is 0.328 e. The van der Waals surface area contributed by atoms with Gasteiger partial charge in [-0.15, -0.1) is 0 Å². The number of para-hydroxylation sites is 1. The molecule has 0 saturated carbocycles. The highest BCUT2D eigenvalue weighted by Gasteiger charge is 2.08. The third-order valence-electron chi connectivity index (χ3n) is 3.62. The number of benzene rings is 2. The van der Waals surface area contributed by atoms with E-state index in [-0.39, 0.29) is 12.3 Å². The van der Waals surface area contributed by atoms with Crippen LogP contribution in [0.15, 0.2) is 72.9 Å². The second-order valence-electron chi connectivity index (χ2n) is 5.61. The molecule has 1 heterocycles. The summed E-state index contributed by atoms with van der Waals surface area (Å²) in [6.45, 7) is 0. The standard InChI is InChI=1S/C20H17N3O3/c24-19(21-16-9-6-15(7-10-16)8-11-20(25)26)14-17-12-13-23(22-17)18-4-2-1-3-5-18/h1-13H,14H2,(H,21,24)(H,25,26). The lowest BCUT2D eigenvalue weighted by Gasteiger charge is -2.04. The van der Waals surface area contributed by atoms with E-state index < -0.39 is 5.97 Å². The number of aliphatic carboxylic acids is 1. The first-order chi connectivity index (χ1) is 12.6. The Balaban J connectivity index is 1.59. The summed E-state index contributed by atoms with van der Waals surface area (Å²) < 4.78 is 1.73. The number of carboxylic acids is 1. The van der Waals surface area contributed by atoms with Gasteiger partial charge < -0.3 is 10.4 Å². The van der Waals surface area contributed by atoms with E-state index in [1.807, 2.05) is 42.6 Å². The van der Waals surface area contributed by atoms with E-state index in [2.05, 4.69) is 10.4 Å². The molecule has 0 spiro atoms. The molecule has 6 heteroatoms. The fraction of sp³-hybridized carbons (Fsp3) is 0.0500. The van der Waals surface area contributed by atoms with Crippen molar-refractivity contribution in [2.45, 2.75) is 6.42 Å². The van der Waals surface area contributed by atoms with Crippen molar-refractivity contribution in [3.63, 3.8) is 0 Å². The summed E-state index contributed by atoms with van der Waals surface area (Å²) in [5.41, 5.74) is 2.99. The SMILES string of the molecule is O=C(O)C=Cc1ccc(NC(=O)Cc2ccn(-c3ccccc3)n2)cc1. The molecule has 130 valence electrons. The Bertz CT molecular complexity index is 928. The van der Waals surface area contributed by atoms with Crippen molar-refractivity contribution in [1.82, 2.24) is 9.78 Å². The number of rotatable bonds is 6. The quantitative estimate of drug-likeness (QED) is 0.671. The Morgan fingerprint density at radius 3 is 2.46 bits per heavy atom. The van der Waals surface area contributed by atoms with Crippen LogP contribution in [0, 0.1) is 0 Å². The fourth-order valence-electron chi connectivity index (χ4n) is 2.40. The third kappa shape index (κ3) is 4.67. The topological polar surface area (TPSA) is 84.2 Å². The van der Waals surface area contributed by atoms with Crippen LogP contribution in [0.5, 0.6) is 0 Å². The summed E-state index contributed by atoms with van der Waals surface area (Å²) >= 11 is 0. The van der Waals surface area contributed by atoms with E-state index in [9.17, 15) is 9.59 Å². The number of carboxylic acid groups (broad SMARTS) is 1. The first-order valence-electron chi connectivity index (χ1n) is 8.01. The lowest BCUT2D eigenvalue weighted by Crippen LogP contribution is -2.14. The zero-order chi connectivity index (χ0) is 18.4. The summed E-state index contributed by atoms with van der Waals surface area (Å²) in [7, 11) is 0. The monoisotopic (exact) mass is 347 g/mol. The molecule has 0 aliphatic heterocycles. The number of nitrogens with zero attached hydrogens (tertiary/aromatic N) is 2. The molecule has 2 aromatic carbocycles. The largest absolute Gasteiger partial charge is 0.478 e. The van der Waals surface area contributed by atoms with Gasteiger partial charge in [-0.2, -0.15) is 5.10 Å². The molecular formula is C20H17N3O3. The van der Waals surface area contributed by atoms with Gasteiger partial charge in [0.2, 0.25) is 5.91 Å². The van der Waals surface area contributed by atoms with Crippen LogP contribution in [0.3, 0.4) is 0 Å². The number of anilines is 1. The van der Waals surface area contributed by atoms with E-state index in [1.54, 1.807) is 28.9 Å². The van der Waals surface area contributed by atoms with Gasteiger partial charge >= 0.3 is 5.97 Å².